The average Bonchev–Trinajstić information content (AvgIpc) is 2.47. The Morgan fingerprint density at radius 3 is 2.21 bits per heavy atom. The molecule has 0 aromatic heterocycles. The minimum Gasteiger partial charge on any atom is -0.497 e. The van der Waals surface area contributed by atoms with Crippen LogP contribution in [-0.4, -0.2) is 7.11 Å². The third-order valence-corrected chi connectivity index (χ3v) is 3.85. The molecule has 0 amide bonds. The first kappa shape index (κ1) is 13.7. The topological polar surface area (TPSA) is 9.23 Å². The van der Waals surface area contributed by atoms with Gasteiger partial charge in [-0.2, -0.15) is 0 Å². The Morgan fingerprint density at radius 1 is 1.00 bits per heavy atom. The summed E-state index contributed by atoms with van der Waals surface area (Å²) in [5, 5.41) is 0. The summed E-state index contributed by atoms with van der Waals surface area (Å²) in [5.41, 5.74) is 5.36. The predicted octanol–water partition coefficient (Wildman–Crippen LogP) is 5.18. The van der Waals surface area contributed by atoms with Gasteiger partial charge in [0.25, 0.3) is 0 Å². The molecular weight excluding hydrogens is 232 g/mol. The predicted molar refractivity (Wildman–Crippen MR) is 81.9 cm³/mol. The maximum atomic E-state index is 5.20. The molecule has 2 aromatic carbocycles. The second-order valence-electron chi connectivity index (χ2n) is 5.11. The Hall–Kier alpha value is -1.76. The quantitative estimate of drug-likeness (QED) is 0.730. The van der Waals surface area contributed by atoms with Crippen molar-refractivity contribution in [1.29, 1.82) is 0 Å². The fourth-order valence-electron chi connectivity index (χ4n) is 2.35. The maximum absolute atomic E-state index is 5.20. The Labute approximate surface area is 116 Å². The summed E-state index contributed by atoms with van der Waals surface area (Å²) < 4.78 is 5.20. The highest BCUT2D eigenvalue weighted by atomic mass is 16.5. The number of benzene rings is 2. The van der Waals surface area contributed by atoms with Crippen molar-refractivity contribution in [2.24, 2.45) is 0 Å². The lowest BCUT2D eigenvalue weighted by Crippen LogP contribution is -1.95. The van der Waals surface area contributed by atoms with Crippen LogP contribution in [0.15, 0.2) is 42.5 Å². The fraction of sp³-hybridized carbons (Fsp3) is 0.333. The molecule has 1 nitrogen and oxygen atoms in total. The summed E-state index contributed by atoms with van der Waals surface area (Å²) in [6.45, 7) is 6.73. The van der Waals surface area contributed by atoms with Gasteiger partial charge in [0, 0.05) is 0 Å². The maximum Gasteiger partial charge on any atom is 0.118 e. The van der Waals surface area contributed by atoms with Crippen LogP contribution in [0.25, 0.3) is 11.1 Å². The lowest BCUT2D eigenvalue weighted by atomic mass is 9.91. The minimum absolute atomic E-state index is 0.609. The van der Waals surface area contributed by atoms with E-state index in [1.54, 1.807) is 7.11 Å². The standard InChI is InChI=1S/C18H22O/c1-5-13(2)18-12-16(7-6-14(18)3)15-8-10-17(19-4)11-9-15/h6-13H,5H2,1-4H3. The molecule has 0 bridgehead atoms. The molecule has 1 atom stereocenters. The van der Waals surface area contributed by atoms with Crippen molar-refractivity contribution in [2.45, 2.75) is 33.1 Å². The number of aryl methyl sites for hydroxylation is 1. The highest BCUT2D eigenvalue weighted by Crippen LogP contribution is 2.29. The number of methoxy groups -OCH3 is 1. The molecule has 0 heterocycles. The Morgan fingerprint density at radius 2 is 1.63 bits per heavy atom. The van der Waals surface area contributed by atoms with Gasteiger partial charge in [-0.25, -0.2) is 0 Å². The van der Waals surface area contributed by atoms with E-state index in [-0.39, 0.29) is 0 Å². The van der Waals surface area contributed by atoms with Gasteiger partial charge < -0.3 is 4.74 Å². The number of hydrogen-bond acceptors (Lipinski definition) is 1. The van der Waals surface area contributed by atoms with Crippen LogP contribution in [0.1, 0.15) is 37.3 Å². The zero-order valence-corrected chi connectivity index (χ0v) is 12.2. The Balaban J connectivity index is 2.39. The van der Waals surface area contributed by atoms with Gasteiger partial charge in [0.15, 0.2) is 0 Å². The summed E-state index contributed by atoms with van der Waals surface area (Å²) in [6.07, 6.45) is 1.17. The van der Waals surface area contributed by atoms with Crippen LogP contribution < -0.4 is 4.74 Å². The highest BCUT2D eigenvalue weighted by Gasteiger charge is 2.08. The molecule has 0 aliphatic carbocycles. The molecule has 0 radical (unpaired) electrons. The molecule has 0 N–H and O–H groups in total. The number of hydrogen-bond donors (Lipinski definition) is 0. The molecule has 0 saturated carbocycles. The number of ether oxygens (including phenoxy) is 1. The molecule has 1 unspecified atom stereocenters. The lowest BCUT2D eigenvalue weighted by Gasteiger charge is -2.14. The Bertz CT molecular complexity index is 540. The normalized spacial score (nSPS) is 12.2. The largest absolute Gasteiger partial charge is 0.497 e. The molecule has 100 valence electrons. The molecular formula is C18H22O. The third-order valence-electron chi connectivity index (χ3n) is 3.85. The van der Waals surface area contributed by atoms with Gasteiger partial charge in [0.2, 0.25) is 0 Å². The van der Waals surface area contributed by atoms with Gasteiger partial charge in [-0.3, -0.25) is 0 Å². The molecule has 0 spiro atoms. The summed E-state index contributed by atoms with van der Waals surface area (Å²) in [4.78, 5) is 0. The molecule has 2 aromatic rings. The van der Waals surface area contributed by atoms with E-state index in [4.69, 9.17) is 4.74 Å². The van der Waals surface area contributed by atoms with Crippen LogP contribution in [0.3, 0.4) is 0 Å². The SMILES string of the molecule is CCC(C)c1cc(-c2ccc(OC)cc2)ccc1C. The van der Waals surface area contributed by atoms with E-state index in [0.717, 1.165) is 5.75 Å². The van der Waals surface area contributed by atoms with Crippen LogP contribution in [0.5, 0.6) is 5.75 Å². The molecule has 1 heteroatoms. The molecule has 0 fully saturated rings. The van der Waals surface area contributed by atoms with E-state index >= 15 is 0 Å². The van der Waals surface area contributed by atoms with Crippen molar-refractivity contribution in [3.63, 3.8) is 0 Å². The molecule has 0 aliphatic rings. The van der Waals surface area contributed by atoms with Crippen LogP contribution in [0.4, 0.5) is 0 Å². The van der Waals surface area contributed by atoms with Gasteiger partial charge in [-0.1, -0.05) is 44.2 Å². The average molecular weight is 254 g/mol. The highest BCUT2D eigenvalue weighted by molar-refractivity contribution is 5.65. The van der Waals surface area contributed by atoms with Gasteiger partial charge in [-0.15, -0.1) is 0 Å². The first-order chi connectivity index (χ1) is 9.15. The first-order valence-corrected chi connectivity index (χ1v) is 6.90. The van der Waals surface area contributed by atoms with Gasteiger partial charge in [0.05, 0.1) is 7.11 Å². The van der Waals surface area contributed by atoms with E-state index in [9.17, 15) is 0 Å². The molecule has 19 heavy (non-hydrogen) atoms. The molecule has 0 aliphatic heterocycles. The van der Waals surface area contributed by atoms with E-state index in [0.29, 0.717) is 5.92 Å². The van der Waals surface area contributed by atoms with E-state index < -0.39 is 0 Å². The zero-order valence-electron chi connectivity index (χ0n) is 12.2. The van der Waals surface area contributed by atoms with Crippen LogP contribution >= 0.6 is 0 Å². The van der Waals surface area contributed by atoms with Gasteiger partial charge >= 0.3 is 0 Å². The second kappa shape index (κ2) is 5.92. The lowest BCUT2D eigenvalue weighted by molar-refractivity contribution is 0.415. The van der Waals surface area contributed by atoms with Gasteiger partial charge in [-0.05, 0) is 53.6 Å². The van der Waals surface area contributed by atoms with E-state index in [1.807, 2.05) is 12.1 Å². The Kier molecular flexibility index (Phi) is 4.26. The van der Waals surface area contributed by atoms with Crippen molar-refractivity contribution < 1.29 is 4.74 Å². The third kappa shape index (κ3) is 2.98. The van der Waals surface area contributed by atoms with Crippen molar-refractivity contribution in [3.05, 3.63) is 53.6 Å². The van der Waals surface area contributed by atoms with Crippen LogP contribution in [-0.2, 0) is 0 Å². The molecule has 0 saturated heterocycles. The van der Waals surface area contributed by atoms with Crippen molar-refractivity contribution in [2.75, 3.05) is 7.11 Å². The number of rotatable bonds is 4. The monoisotopic (exact) mass is 254 g/mol. The molecule has 2 rings (SSSR count). The van der Waals surface area contributed by atoms with Gasteiger partial charge in [0.1, 0.15) is 5.75 Å². The minimum atomic E-state index is 0.609. The first-order valence-electron chi connectivity index (χ1n) is 6.90. The zero-order chi connectivity index (χ0) is 13.8. The summed E-state index contributed by atoms with van der Waals surface area (Å²) >= 11 is 0. The summed E-state index contributed by atoms with van der Waals surface area (Å²) in [5.74, 6) is 1.51. The van der Waals surface area contributed by atoms with Crippen LogP contribution in [0, 0.1) is 6.92 Å². The van der Waals surface area contributed by atoms with Crippen molar-refractivity contribution >= 4 is 0 Å². The van der Waals surface area contributed by atoms with Crippen LogP contribution in [0.2, 0.25) is 0 Å². The summed E-state index contributed by atoms with van der Waals surface area (Å²) in [7, 11) is 1.70. The second-order valence-corrected chi connectivity index (χ2v) is 5.11. The van der Waals surface area contributed by atoms with E-state index in [2.05, 4.69) is 51.1 Å². The van der Waals surface area contributed by atoms with E-state index in [1.165, 1.54) is 28.7 Å². The van der Waals surface area contributed by atoms with Crippen molar-refractivity contribution in [3.8, 4) is 16.9 Å². The smallest absolute Gasteiger partial charge is 0.118 e. The fourth-order valence-corrected chi connectivity index (χ4v) is 2.35. The summed E-state index contributed by atoms with van der Waals surface area (Å²) in [6, 6.07) is 15.0. The van der Waals surface area contributed by atoms with Crippen molar-refractivity contribution in [1.82, 2.24) is 0 Å².